The van der Waals surface area contributed by atoms with E-state index in [-0.39, 0.29) is 12.0 Å². The first-order valence-corrected chi connectivity index (χ1v) is 6.89. The highest BCUT2D eigenvalue weighted by Gasteiger charge is 2.30. The molecule has 1 N–H and O–H groups in total. The number of aromatic nitrogens is 1. The summed E-state index contributed by atoms with van der Waals surface area (Å²) in [7, 11) is 1.44. The average molecular weight is 266 g/mol. The van der Waals surface area contributed by atoms with Gasteiger partial charge < -0.3 is 14.6 Å². The third-order valence-electron chi connectivity index (χ3n) is 3.31. The number of esters is 1. The Labute approximate surface area is 116 Å². The van der Waals surface area contributed by atoms with E-state index in [1.807, 2.05) is 26.1 Å². The van der Waals surface area contributed by atoms with Crippen molar-refractivity contribution in [3.63, 3.8) is 0 Å². The number of hydrogen-bond acceptors (Lipinski definition) is 3. The van der Waals surface area contributed by atoms with Crippen LogP contribution in [0, 0.1) is 5.41 Å². The van der Waals surface area contributed by atoms with Crippen LogP contribution in [-0.2, 0) is 16.1 Å². The van der Waals surface area contributed by atoms with Crippen molar-refractivity contribution in [3.05, 3.63) is 24.0 Å². The molecule has 1 heterocycles. The van der Waals surface area contributed by atoms with Gasteiger partial charge in [-0.05, 0) is 45.9 Å². The maximum Gasteiger partial charge on any atom is 0.313 e. The van der Waals surface area contributed by atoms with Crippen LogP contribution in [0.1, 0.15) is 45.9 Å². The third kappa shape index (κ3) is 4.10. The fourth-order valence-corrected chi connectivity index (χ4v) is 2.20. The van der Waals surface area contributed by atoms with E-state index in [1.54, 1.807) is 0 Å². The summed E-state index contributed by atoms with van der Waals surface area (Å²) in [4.78, 5) is 11.8. The molecule has 0 radical (unpaired) electrons. The Hall–Kier alpha value is -1.29. The molecule has 0 spiro atoms. The monoisotopic (exact) mass is 266 g/mol. The molecule has 0 aromatic carbocycles. The number of carbonyl (C=O) groups is 1. The number of nitrogens with one attached hydrogen (secondary N) is 1. The van der Waals surface area contributed by atoms with E-state index in [9.17, 15) is 4.79 Å². The van der Waals surface area contributed by atoms with Gasteiger partial charge in [0, 0.05) is 24.5 Å². The van der Waals surface area contributed by atoms with Gasteiger partial charge in [0.05, 0.1) is 12.5 Å². The van der Waals surface area contributed by atoms with Gasteiger partial charge in [0.15, 0.2) is 0 Å². The summed E-state index contributed by atoms with van der Waals surface area (Å²) in [5.74, 6) is -0.179. The van der Waals surface area contributed by atoms with E-state index < -0.39 is 5.41 Å². The molecule has 1 rings (SSSR count). The maximum absolute atomic E-state index is 11.8. The van der Waals surface area contributed by atoms with Gasteiger partial charge >= 0.3 is 5.97 Å². The molecular formula is C15H26N2O2. The summed E-state index contributed by atoms with van der Waals surface area (Å²) in [5.41, 5.74) is 0.679. The highest BCUT2D eigenvalue weighted by molar-refractivity contribution is 5.75. The number of methoxy groups -OCH3 is 1. The molecule has 0 amide bonds. The normalized spacial score (nSPS) is 13.3. The quantitative estimate of drug-likeness (QED) is 0.772. The Morgan fingerprint density at radius 2 is 2.21 bits per heavy atom. The molecule has 0 saturated heterocycles. The molecule has 0 aliphatic carbocycles. The number of carbonyl (C=O) groups excluding carboxylic acids is 1. The Bertz CT molecular complexity index is 410. The highest BCUT2D eigenvalue weighted by Crippen LogP contribution is 2.23. The summed E-state index contributed by atoms with van der Waals surface area (Å²) in [6.45, 7) is 9.73. The van der Waals surface area contributed by atoms with E-state index in [2.05, 4.69) is 29.8 Å². The largest absolute Gasteiger partial charge is 0.469 e. The zero-order chi connectivity index (χ0) is 14.5. The van der Waals surface area contributed by atoms with Crippen molar-refractivity contribution in [2.24, 2.45) is 5.41 Å². The van der Waals surface area contributed by atoms with Crippen molar-refractivity contribution in [2.45, 2.75) is 46.7 Å². The first-order valence-electron chi connectivity index (χ1n) is 6.89. The first-order chi connectivity index (χ1) is 8.92. The minimum absolute atomic E-state index is 0.179. The molecule has 0 saturated carbocycles. The van der Waals surface area contributed by atoms with Gasteiger partial charge in [-0.3, -0.25) is 4.79 Å². The van der Waals surface area contributed by atoms with E-state index in [0.717, 1.165) is 13.0 Å². The van der Waals surface area contributed by atoms with E-state index in [1.165, 1.54) is 12.8 Å². The lowest BCUT2D eigenvalue weighted by Crippen LogP contribution is -2.32. The lowest BCUT2D eigenvalue weighted by molar-refractivity contribution is -0.151. The van der Waals surface area contributed by atoms with Crippen LogP contribution in [0.15, 0.2) is 18.3 Å². The van der Waals surface area contributed by atoms with Crippen molar-refractivity contribution >= 4 is 5.97 Å². The Morgan fingerprint density at radius 3 is 2.79 bits per heavy atom. The van der Waals surface area contributed by atoms with Gasteiger partial charge in [-0.1, -0.05) is 6.92 Å². The summed E-state index contributed by atoms with van der Waals surface area (Å²) in [6.07, 6.45) is 3.13. The smallest absolute Gasteiger partial charge is 0.313 e. The standard InChI is InChI=1S/C15H26N2O2/c1-6-9-16-12(2)13-8-7-10-17(13)11-15(3,4)14(18)19-5/h7-8,10,12,16H,6,9,11H2,1-5H3. The summed E-state index contributed by atoms with van der Waals surface area (Å²) in [5, 5.41) is 3.47. The number of ether oxygens (including phenoxy) is 1. The summed E-state index contributed by atoms with van der Waals surface area (Å²) >= 11 is 0. The van der Waals surface area contributed by atoms with Gasteiger partial charge in [0.1, 0.15) is 0 Å². The van der Waals surface area contributed by atoms with Gasteiger partial charge in [0.2, 0.25) is 0 Å². The molecule has 0 aliphatic heterocycles. The fourth-order valence-electron chi connectivity index (χ4n) is 2.20. The van der Waals surface area contributed by atoms with E-state index in [0.29, 0.717) is 6.54 Å². The van der Waals surface area contributed by atoms with Gasteiger partial charge in [0.25, 0.3) is 0 Å². The second-order valence-corrected chi connectivity index (χ2v) is 5.61. The molecule has 1 unspecified atom stereocenters. The molecule has 4 nitrogen and oxygen atoms in total. The van der Waals surface area contributed by atoms with Crippen LogP contribution in [0.4, 0.5) is 0 Å². The van der Waals surface area contributed by atoms with Crippen molar-refractivity contribution in [3.8, 4) is 0 Å². The fraction of sp³-hybridized carbons (Fsp3) is 0.667. The van der Waals surface area contributed by atoms with Crippen LogP contribution >= 0.6 is 0 Å². The maximum atomic E-state index is 11.8. The van der Waals surface area contributed by atoms with Crippen molar-refractivity contribution < 1.29 is 9.53 Å². The molecule has 0 aliphatic rings. The first kappa shape index (κ1) is 15.8. The van der Waals surface area contributed by atoms with E-state index >= 15 is 0 Å². The Morgan fingerprint density at radius 1 is 1.53 bits per heavy atom. The van der Waals surface area contributed by atoms with Crippen LogP contribution in [0.2, 0.25) is 0 Å². The van der Waals surface area contributed by atoms with Crippen LogP contribution in [-0.4, -0.2) is 24.2 Å². The van der Waals surface area contributed by atoms with Gasteiger partial charge in [-0.15, -0.1) is 0 Å². The predicted octanol–water partition coefficient (Wildman–Crippen LogP) is 2.75. The molecule has 1 atom stereocenters. The lowest BCUT2D eigenvalue weighted by Gasteiger charge is -2.25. The minimum atomic E-state index is -0.521. The number of hydrogen-bond donors (Lipinski definition) is 1. The summed E-state index contributed by atoms with van der Waals surface area (Å²) in [6, 6.07) is 4.40. The van der Waals surface area contributed by atoms with Crippen LogP contribution in [0.5, 0.6) is 0 Å². The molecule has 4 heteroatoms. The molecule has 19 heavy (non-hydrogen) atoms. The number of rotatable bonds is 7. The zero-order valence-electron chi connectivity index (χ0n) is 12.7. The van der Waals surface area contributed by atoms with Gasteiger partial charge in [-0.2, -0.15) is 0 Å². The summed E-state index contributed by atoms with van der Waals surface area (Å²) < 4.78 is 6.99. The predicted molar refractivity (Wildman–Crippen MR) is 76.9 cm³/mol. The van der Waals surface area contributed by atoms with Crippen molar-refractivity contribution in [1.29, 1.82) is 0 Å². The minimum Gasteiger partial charge on any atom is -0.469 e. The van der Waals surface area contributed by atoms with Crippen LogP contribution < -0.4 is 5.32 Å². The van der Waals surface area contributed by atoms with Crippen molar-refractivity contribution in [1.82, 2.24) is 9.88 Å². The number of nitrogens with zero attached hydrogens (tertiary/aromatic N) is 1. The third-order valence-corrected chi connectivity index (χ3v) is 3.31. The highest BCUT2D eigenvalue weighted by atomic mass is 16.5. The molecule has 1 aromatic heterocycles. The van der Waals surface area contributed by atoms with E-state index in [4.69, 9.17) is 4.74 Å². The molecule has 0 fully saturated rings. The van der Waals surface area contributed by atoms with Crippen LogP contribution in [0.3, 0.4) is 0 Å². The second kappa shape index (κ2) is 6.75. The van der Waals surface area contributed by atoms with Crippen LogP contribution in [0.25, 0.3) is 0 Å². The molecule has 0 bridgehead atoms. The lowest BCUT2D eigenvalue weighted by atomic mass is 9.93. The Balaban J connectivity index is 2.80. The zero-order valence-corrected chi connectivity index (χ0v) is 12.7. The molecule has 1 aromatic rings. The SMILES string of the molecule is CCCNC(C)c1cccn1CC(C)(C)C(=O)OC. The average Bonchev–Trinajstić information content (AvgIpc) is 2.82. The van der Waals surface area contributed by atoms with Gasteiger partial charge in [-0.25, -0.2) is 0 Å². The van der Waals surface area contributed by atoms with Crippen molar-refractivity contribution in [2.75, 3.05) is 13.7 Å². The molecular weight excluding hydrogens is 240 g/mol. The second-order valence-electron chi connectivity index (χ2n) is 5.61. The Kier molecular flexibility index (Phi) is 5.60. The molecule has 108 valence electrons. The topological polar surface area (TPSA) is 43.3 Å².